The zero-order valence-corrected chi connectivity index (χ0v) is 27.3. The van der Waals surface area contributed by atoms with Crippen LogP contribution in [0.2, 0.25) is 0 Å². The fourth-order valence-corrected chi connectivity index (χ4v) is 7.07. The summed E-state index contributed by atoms with van der Waals surface area (Å²) in [6, 6.07) is 35.3. The minimum absolute atomic E-state index is 0.0638. The third-order valence-corrected chi connectivity index (χ3v) is 9.88. The minimum Gasteiger partial charge on any atom is -0.294 e. The standard InChI is InChI=1S/C20H20Cl2O2.C20H18O2/c21-19(23)17(13-15-7-3-1-4-8-15)11-12-18(20(22)24)14-16-9-5-2-6-10-16;21-19-15(11-13-5-1-3-7-17(13)19)9-10-16-12-14-6-2-4-8-18(14)20(16)22/h1-10,17-18H,11-14H2;1-8,15-16H,9-12H2. The zero-order valence-electron chi connectivity index (χ0n) is 25.7. The van der Waals surface area contributed by atoms with Crippen molar-refractivity contribution >= 4 is 45.3 Å². The molecule has 0 saturated carbocycles. The summed E-state index contributed by atoms with van der Waals surface area (Å²) >= 11 is 11.5. The summed E-state index contributed by atoms with van der Waals surface area (Å²) in [5, 5.41) is -0.723. The van der Waals surface area contributed by atoms with Gasteiger partial charge in [0, 0.05) is 34.8 Å². The molecule has 4 aromatic carbocycles. The van der Waals surface area contributed by atoms with Crippen LogP contribution in [-0.4, -0.2) is 22.1 Å². The Morgan fingerprint density at radius 3 is 1.24 bits per heavy atom. The molecule has 4 nitrogen and oxygen atoms in total. The average molecular weight is 654 g/mol. The normalized spacial score (nSPS) is 17.8. The van der Waals surface area contributed by atoms with Crippen LogP contribution in [0.4, 0.5) is 0 Å². The lowest BCUT2D eigenvalue weighted by Crippen LogP contribution is -2.18. The summed E-state index contributed by atoms with van der Waals surface area (Å²) in [5.41, 5.74) is 6.22. The number of hydrogen-bond acceptors (Lipinski definition) is 4. The first-order valence-corrected chi connectivity index (χ1v) is 16.8. The van der Waals surface area contributed by atoms with Crippen LogP contribution in [0.15, 0.2) is 109 Å². The first-order valence-electron chi connectivity index (χ1n) is 16.0. The van der Waals surface area contributed by atoms with Gasteiger partial charge in [0.1, 0.15) is 0 Å². The van der Waals surface area contributed by atoms with Gasteiger partial charge in [0.15, 0.2) is 11.6 Å². The highest BCUT2D eigenvalue weighted by molar-refractivity contribution is 6.64. The summed E-state index contributed by atoms with van der Waals surface area (Å²) in [5.74, 6) is 0.0478. The Kier molecular flexibility index (Phi) is 11.7. The second-order valence-electron chi connectivity index (χ2n) is 12.4. The van der Waals surface area contributed by atoms with Crippen LogP contribution >= 0.6 is 23.2 Å². The Hall–Kier alpha value is -3.86. The number of benzene rings is 4. The van der Waals surface area contributed by atoms with Crippen molar-refractivity contribution in [2.75, 3.05) is 0 Å². The van der Waals surface area contributed by atoms with E-state index in [-0.39, 0.29) is 45.7 Å². The molecule has 0 bridgehead atoms. The van der Waals surface area contributed by atoms with Crippen molar-refractivity contribution in [3.8, 4) is 0 Å². The number of hydrogen-bond donors (Lipinski definition) is 0. The Morgan fingerprint density at radius 1 is 0.543 bits per heavy atom. The van der Waals surface area contributed by atoms with E-state index < -0.39 is 0 Å². The zero-order chi connectivity index (χ0) is 32.5. The molecule has 46 heavy (non-hydrogen) atoms. The molecule has 0 amide bonds. The lowest BCUT2D eigenvalue weighted by molar-refractivity contribution is -0.117. The second kappa shape index (κ2) is 16.1. The van der Waals surface area contributed by atoms with Gasteiger partial charge in [0.25, 0.3) is 0 Å². The van der Waals surface area contributed by atoms with E-state index in [0.717, 1.165) is 47.9 Å². The Morgan fingerprint density at radius 2 is 0.891 bits per heavy atom. The van der Waals surface area contributed by atoms with Gasteiger partial charge in [0.2, 0.25) is 10.5 Å². The van der Waals surface area contributed by atoms with Gasteiger partial charge in [-0.3, -0.25) is 19.2 Å². The van der Waals surface area contributed by atoms with Crippen molar-refractivity contribution in [1.29, 1.82) is 0 Å². The third kappa shape index (κ3) is 8.69. The lowest BCUT2D eigenvalue weighted by Gasteiger charge is -2.17. The average Bonchev–Trinajstić information content (AvgIpc) is 3.57. The Bertz CT molecular complexity index is 1540. The number of Topliss-reactive ketones (excluding diaryl/α,β-unsaturated/α-hetero) is 2. The number of rotatable bonds is 12. The van der Waals surface area contributed by atoms with Crippen LogP contribution in [-0.2, 0) is 35.3 Å². The number of halogens is 2. The highest BCUT2D eigenvalue weighted by Crippen LogP contribution is 2.34. The molecule has 2 aliphatic carbocycles. The maximum Gasteiger partial charge on any atom is 0.225 e. The van der Waals surface area contributed by atoms with Gasteiger partial charge in [-0.05, 0) is 96.8 Å². The van der Waals surface area contributed by atoms with Crippen LogP contribution in [0.25, 0.3) is 0 Å². The number of ketones is 2. The van der Waals surface area contributed by atoms with Crippen LogP contribution in [0.3, 0.4) is 0 Å². The minimum atomic E-state index is -0.362. The summed E-state index contributed by atoms with van der Waals surface area (Å²) in [7, 11) is 0. The van der Waals surface area contributed by atoms with E-state index in [1.165, 1.54) is 11.1 Å². The molecule has 0 fully saturated rings. The quantitative estimate of drug-likeness (QED) is 0.143. The monoisotopic (exact) mass is 652 g/mol. The molecular weight excluding hydrogens is 615 g/mol. The molecule has 2 aliphatic rings. The van der Waals surface area contributed by atoms with Gasteiger partial charge in [-0.2, -0.15) is 0 Å². The third-order valence-electron chi connectivity index (χ3n) is 9.26. The molecular formula is C40H38Cl2O4. The molecule has 0 spiro atoms. The fourth-order valence-electron chi connectivity index (χ4n) is 6.69. The lowest BCUT2D eigenvalue weighted by atomic mass is 9.89. The van der Waals surface area contributed by atoms with Gasteiger partial charge < -0.3 is 0 Å². The van der Waals surface area contributed by atoms with Crippen molar-refractivity contribution < 1.29 is 19.2 Å². The number of carbonyl (C=O) groups is 4. The maximum absolute atomic E-state index is 12.4. The van der Waals surface area contributed by atoms with Crippen LogP contribution in [0.5, 0.6) is 0 Å². The molecule has 0 heterocycles. The maximum atomic E-state index is 12.4. The molecule has 236 valence electrons. The Labute approximate surface area is 281 Å². The van der Waals surface area contributed by atoms with Gasteiger partial charge in [0.05, 0.1) is 0 Å². The van der Waals surface area contributed by atoms with Gasteiger partial charge in [-0.25, -0.2) is 0 Å². The molecule has 6 heteroatoms. The van der Waals surface area contributed by atoms with Gasteiger partial charge in [-0.15, -0.1) is 0 Å². The van der Waals surface area contributed by atoms with Crippen molar-refractivity contribution in [2.45, 2.75) is 51.4 Å². The van der Waals surface area contributed by atoms with Crippen molar-refractivity contribution in [3.63, 3.8) is 0 Å². The Balaban J connectivity index is 0.000000182. The molecule has 0 N–H and O–H groups in total. The molecule has 4 unspecified atom stereocenters. The first kappa shape index (κ1) is 33.5. The van der Waals surface area contributed by atoms with Crippen molar-refractivity contribution in [2.24, 2.45) is 23.7 Å². The van der Waals surface area contributed by atoms with Crippen molar-refractivity contribution in [1.82, 2.24) is 0 Å². The largest absolute Gasteiger partial charge is 0.294 e. The molecule has 0 aromatic heterocycles. The summed E-state index contributed by atoms with van der Waals surface area (Å²) < 4.78 is 0. The molecule has 0 saturated heterocycles. The SMILES string of the molecule is O=C(Cl)C(CCC(Cc1ccccc1)C(=O)Cl)Cc1ccccc1.O=C1c2ccccc2CC1CCC1Cc2ccccc2C1=O. The van der Waals surface area contributed by atoms with E-state index in [4.69, 9.17) is 23.2 Å². The molecule has 0 aliphatic heterocycles. The summed E-state index contributed by atoms with van der Waals surface area (Å²) in [6.07, 6.45) is 5.57. The summed E-state index contributed by atoms with van der Waals surface area (Å²) in [4.78, 5) is 48.3. The predicted octanol–water partition coefficient (Wildman–Crippen LogP) is 8.89. The molecule has 4 atom stereocenters. The van der Waals surface area contributed by atoms with Crippen molar-refractivity contribution in [3.05, 3.63) is 143 Å². The topological polar surface area (TPSA) is 68.3 Å². The van der Waals surface area contributed by atoms with Crippen LogP contribution in [0, 0.1) is 23.7 Å². The number of carbonyl (C=O) groups excluding carboxylic acids is 4. The highest BCUT2D eigenvalue weighted by Gasteiger charge is 2.34. The van der Waals surface area contributed by atoms with Gasteiger partial charge >= 0.3 is 0 Å². The van der Waals surface area contributed by atoms with E-state index in [1.807, 2.05) is 109 Å². The van der Waals surface area contributed by atoms with Crippen LogP contribution < -0.4 is 0 Å². The predicted molar refractivity (Wildman–Crippen MR) is 183 cm³/mol. The first-order chi connectivity index (χ1) is 22.3. The smallest absolute Gasteiger partial charge is 0.225 e. The molecule has 4 aromatic rings. The van der Waals surface area contributed by atoms with E-state index in [0.29, 0.717) is 25.7 Å². The van der Waals surface area contributed by atoms with E-state index >= 15 is 0 Å². The highest BCUT2D eigenvalue weighted by atomic mass is 35.5. The van der Waals surface area contributed by atoms with E-state index in [2.05, 4.69) is 0 Å². The van der Waals surface area contributed by atoms with Crippen LogP contribution in [0.1, 0.15) is 68.7 Å². The second-order valence-corrected chi connectivity index (χ2v) is 13.1. The fraction of sp³-hybridized carbons (Fsp3) is 0.300. The van der Waals surface area contributed by atoms with E-state index in [9.17, 15) is 19.2 Å². The molecule has 6 rings (SSSR count). The number of fused-ring (bicyclic) bond motifs is 2. The molecule has 0 radical (unpaired) electrons. The van der Waals surface area contributed by atoms with E-state index in [1.54, 1.807) is 0 Å². The van der Waals surface area contributed by atoms with Gasteiger partial charge in [-0.1, -0.05) is 109 Å². The summed E-state index contributed by atoms with van der Waals surface area (Å²) in [6.45, 7) is 0.